The predicted molar refractivity (Wildman–Crippen MR) is 96.2 cm³/mol. The van der Waals surface area contributed by atoms with Crippen molar-refractivity contribution in [2.45, 2.75) is 63.0 Å². The van der Waals surface area contributed by atoms with Gasteiger partial charge in [-0.2, -0.15) is 0 Å². The molecule has 0 aliphatic carbocycles. The van der Waals surface area contributed by atoms with Crippen LogP contribution in [0.4, 0.5) is 0 Å². The topological polar surface area (TPSA) is 177 Å². The molecular formula is C18H34O10. The summed E-state index contributed by atoms with van der Waals surface area (Å²) >= 11 is 0. The first kappa shape index (κ1) is 25.3. The molecule has 1 fully saturated rings. The lowest BCUT2D eigenvalue weighted by atomic mass is 9.81. The Morgan fingerprint density at radius 1 is 1.07 bits per heavy atom. The highest BCUT2D eigenvalue weighted by Gasteiger charge is 2.44. The minimum Gasteiger partial charge on any atom is -0.394 e. The molecule has 1 aliphatic heterocycles. The molecule has 1 saturated heterocycles. The highest BCUT2D eigenvalue weighted by Crippen LogP contribution is 2.31. The lowest BCUT2D eigenvalue weighted by Crippen LogP contribution is -2.57. The molecule has 0 amide bonds. The first-order valence-electron chi connectivity index (χ1n) is 9.48. The van der Waals surface area contributed by atoms with E-state index in [0.29, 0.717) is 6.42 Å². The SMILES string of the molecule is CC(C)CC1C(O)C(CO)OC(COCC(C(O)C=O)C(O)C(O)CO)C1O. The molecule has 1 aliphatic rings. The highest BCUT2D eigenvalue weighted by molar-refractivity contribution is 5.56. The second kappa shape index (κ2) is 12.1. The van der Waals surface area contributed by atoms with Crippen LogP contribution in [0.25, 0.3) is 0 Å². The number of ether oxygens (including phenoxy) is 2. The fourth-order valence-corrected chi connectivity index (χ4v) is 3.46. The maximum absolute atomic E-state index is 10.9. The van der Waals surface area contributed by atoms with Crippen molar-refractivity contribution in [3.8, 4) is 0 Å². The molecule has 0 aromatic heterocycles. The summed E-state index contributed by atoms with van der Waals surface area (Å²) in [7, 11) is 0. The molecule has 0 aromatic carbocycles. The van der Waals surface area contributed by atoms with Crippen LogP contribution < -0.4 is 0 Å². The molecule has 0 spiro atoms. The Morgan fingerprint density at radius 2 is 1.68 bits per heavy atom. The van der Waals surface area contributed by atoms with E-state index in [0.717, 1.165) is 0 Å². The molecular weight excluding hydrogens is 376 g/mol. The molecule has 9 unspecified atom stereocenters. The van der Waals surface area contributed by atoms with E-state index < -0.39 is 67.8 Å². The second-order valence-corrected chi connectivity index (χ2v) is 7.74. The van der Waals surface area contributed by atoms with Gasteiger partial charge >= 0.3 is 0 Å². The second-order valence-electron chi connectivity index (χ2n) is 7.74. The number of carbonyl (C=O) groups excluding carboxylic acids is 1. The van der Waals surface area contributed by atoms with Crippen molar-refractivity contribution in [2.24, 2.45) is 17.8 Å². The molecule has 10 nitrogen and oxygen atoms in total. The Kier molecular flexibility index (Phi) is 11.0. The summed E-state index contributed by atoms with van der Waals surface area (Å²) in [5.74, 6) is -1.54. The van der Waals surface area contributed by atoms with Gasteiger partial charge < -0.3 is 50.0 Å². The maximum Gasteiger partial charge on any atom is 0.148 e. The smallest absolute Gasteiger partial charge is 0.148 e. The van der Waals surface area contributed by atoms with E-state index in [1.165, 1.54) is 0 Å². The largest absolute Gasteiger partial charge is 0.394 e. The van der Waals surface area contributed by atoms with Gasteiger partial charge in [-0.15, -0.1) is 0 Å². The molecule has 28 heavy (non-hydrogen) atoms. The minimum absolute atomic E-state index is 0.185. The Balaban J connectivity index is 2.75. The van der Waals surface area contributed by atoms with Gasteiger partial charge in [0, 0.05) is 11.8 Å². The fraction of sp³-hybridized carbons (Fsp3) is 0.944. The van der Waals surface area contributed by atoms with Gasteiger partial charge in [-0.1, -0.05) is 13.8 Å². The number of hydrogen-bond donors (Lipinski definition) is 7. The van der Waals surface area contributed by atoms with Crippen molar-refractivity contribution >= 4 is 6.29 Å². The molecule has 0 radical (unpaired) electrons. The molecule has 10 heteroatoms. The van der Waals surface area contributed by atoms with Crippen molar-refractivity contribution < 1.29 is 50.0 Å². The molecule has 7 N–H and O–H groups in total. The van der Waals surface area contributed by atoms with Crippen molar-refractivity contribution in [1.82, 2.24) is 0 Å². The van der Waals surface area contributed by atoms with Crippen LogP contribution in [-0.2, 0) is 14.3 Å². The zero-order chi connectivity index (χ0) is 21.4. The average molecular weight is 410 g/mol. The summed E-state index contributed by atoms with van der Waals surface area (Å²) in [5.41, 5.74) is 0. The maximum atomic E-state index is 10.9. The summed E-state index contributed by atoms with van der Waals surface area (Å²) < 4.78 is 10.9. The van der Waals surface area contributed by atoms with Gasteiger partial charge in [-0.3, -0.25) is 0 Å². The van der Waals surface area contributed by atoms with Crippen LogP contribution in [-0.4, -0.2) is 111 Å². The lowest BCUT2D eigenvalue weighted by molar-refractivity contribution is -0.225. The van der Waals surface area contributed by atoms with Crippen LogP contribution in [0.1, 0.15) is 20.3 Å². The van der Waals surface area contributed by atoms with E-state index in [-0.39, 0.29) is 25.4 Å². The summed E-state index contributed by atoms with van der Waals surface area (Å²) in [6.45, 7) is 2.13. The Bertz CT molecular complexity index is 448. The molecule has 1 rings (SSSR count). The third kappa shape index (κ3) is 6.68. The van der Waals surface area contributed by atoms with E-state index in [9.17, 15) is 35.4 Å². The molecule has 1 heterocycles. The Hall–Kier alpha value is -0.690. The van der Waals surface area contributed by atoms with Crippen molar-refractivity contribution in [1.29, 1.82) is 0 Å². The summed E-state index contributed by atoms with van der Waals surface area (Å²) in [6.07, 6.45) is -7.98. The number of carbonyl (C=O) groups is 1. The number of aldehydes is 1. The van der Waals surface area contributed by atoms with Gasteiger partial charge in [0.1, 0.15) is 30.7 Å². The standard InChI is InChI=1S/C18H34O10/c1-9(2)3-10-17(25)14(6-21)28-15(18(10)26)8-27-7-11(12(22)4-19)16(24)13(23)5-20/h4,9-18,20-26H,3,5-8H2,1-2H3. The van der Waals surface area contributed by atoms with Crippen molar-refractivity contribution in [3.05, 3.63) is 0 Å². The van der Waals surface area contributed by atoms with Gasteiger partial charge in [-0.25, -0.2) is 0 Å². The monoisotopic (exact) mass is 410 g/mol. The van der Waals surface area contributed by atoms with Gasteiger partial charge in [0.2, 0.25) is 0 Å². The van der Waals surface area contributed by atoms with Crippen molar-refractivity contribution in [2.75, 3.05) is 26.4 Å². The van der Waals surface area contributed by atoms with E-state index in [1.807, 2.05) is 13.8 Å². The quantitative estimate of drug-likeness (QED) is 0.164. The van der Waals surface area contributed by atoms with Gasteiger partial charge in [-0.05, 0) is 12.3 Å². The number of hydrogen-bond acceptors (Lipinski definition) is 10. The average Bonchev–Trinajstić information content (AvgIpc) is 2.68. The zero-order valence-corrected chi connectivity index (χ0v) is 16.2. The molecule has 0 saturated carbocycles. The van der Waals surface area contributed by atoms with Gasteiger partial charge in [0.25, 0.3) is 0 Å². The number of rotatable bonds is 12. The molecule has 0 aromatic rings. The van der Waals surface area contributed by atoms with Gasteiger partial charge in [0.05, 0.1) is 44.7 Å². The summed E-state index contributed by atoms with van der Waals surface area (Å²) in [5, 5.41) is 68.5. The van der Waals surface area contributed by atoms with Crippen LogP contribution in [0.5, 0.6) is 0 Å². The van der Waals surface area contributed by atoms with E-state index >= 15 is 0 Å². The third-order valence-electron chi connectivity index (χ3n) is 5.10. The lowest BCUT2D eigenvalue weighted by Gasteiger charge is -2.43. The first-order chi connectivity index (χ1) is 13.2. The third-order valence-corrected chi connectivity index (χ3v) is 5.10. The molecule has 0 bridgehead atoms. The Morgan fingerprint density at radius 3 is 2.18 bits per heavy atom. The number of aliphatic hydroxyl groups excluding tert-OH is 7. The number of aliphatic hydroxyl groups is 7. The summed E-state index contributed by atoms with van der Waals surface area (Å²) in [6, 6.07) is 0. The molecule has 9 atom stereocenters. The van der Waals surface area contributed by atoms with Crippen LogP contribution in [0.2, 0.25) is 0 Å². The zero-order valence-electron chi connectivity index (χ0n) is 16.2. The predicted octanol–water partition coefficient (Wildman–Crippen LogP) is -2.96. The van der Waals surface area contributed by atoms with Crippen LogP contribution in [0, 0.1) is 17.8 Å². The minimum atomic E-state index is -1.63. The fourth-order valence-electron chi connectivity index (χ4n) is 3.46. The first-order valence-corrected chi connectivity index (χ1v) is 9.48. The van der Waals surface area contributed by atoms with Gasteiger partial charge in [0.15, 0.2) is 0 Å². The summed E-state index contributed by atoms with van der Waals surface area (Å²) in [4.78, 5) is 10.9. The normalized spacial score (nSPS) is 32.7. The van der Waals surface area contributed by atoms with Crippen LogP contribution in [0.15, 0.2) is 0 Å². The Labute approximate surface area is 164 Å². The highest BCUT2D eigenvalue weighted by atomic mass is 16.6. The molecule has 166 valence electrons. The van der Waals surface area contributed by atoms with E-state index in [4.69, 9.17) is 14.6 Å². The van der Waals surface area contributed by atoms with E-state index in [1.54, 1.807) is 0 Å². The van der Waals surface area contributed by atoms with Crippen LogP contribution in [0.3, 0.4) is 0 Å². The van der Waals surface area contributed by atoms with Crippen molar-refractivity contribution in [3.63, 3.8) is 0 Å². The van der Waals surface area contributed by atoms with E-state index in [2.05, 4.69) is 0 Å². The van der Waals surface area contributed by atoms with Crippen LogP contribution >= 0.6 is 0 Å².